The molecule has 0 saturated carbocycles. The van der Waals surface area contributed by atoms with Crippen LogP contribution < -0.4 is 4.90 Å². The second-order valence-electron chi connectivity index (χ2n) is 5.34. The first-order valence-electron chi connectivity index (χ1n) is 7.18. The summed E-state index contributed by atoms with van der Waals surface area (Å²) < 4.78 is 13.8. The van der Waals surface area contributed by atoms with Gasteiger partial charge in [0, 0.05) is 37.7 Å². The Balaban J connectivity index is 1.59. The SMILES string of the molecule is Fc1ccccc1N1CCN(Cc2cccc(Cl)c2)CC1. The molecule has 1 heterocycles. The van der Waals surface area contributed by atoms with Crippen molar-refractivity contribution in [1.29, 1.82) is 0 Å². The molecule has 1 saturated heterocycles. The van der Waals surface area contributed by atoms with Crippen LogP contribution >= 0.6 is 11.6 Å². The summed E-state index contributed by atoms with van der Waals surface area (Å²) in [6.45, 7) is 4.45. The average Bonchev–Trinajstić information content (AvgIpc) is 2.49. The van der Waals surface area contributed by atoms with Crippen molar-refractivity contribution >= 4 is 17.3 Å². The quantitative estimate of drug-likeness (QED) is 0.851. The largest absolute Gasteiger partial charge is 0.367 e. The van der Waals surface area contributed by atoms with E-state index >= 15 is 0 Å². The van der Waals surface area contributed by atoms with Crippen molar-refractivity contribution in [2.75, 3.05) is 31.1 Å². The minimum absolute atomic E-state index is 0.138. The fourth-order valence-corrected chi connectivity index (χ4v) is 2.96. The van der Waals surface area contributed by atoms with Gasteiger partial charge in [0.2, 0.25) is 0 Å². The molecule has 0 aromatic heterocycles. The first-order valence-corrected chi connectivity index (χ1v) is 7.56. The molecule has 21 heavy (non-hydrogen) atoms. The molecule has 0 radical (unpaired) electrons. The highest BCUT2D eigenvalue weighted by molar-refractivity contribution is 6.30. The van der Waals surface area contributed by atoms with Gasteiger partial charge < -0.3 is 4.90 Å². The van der Waals surface area contributed by atoms with Crippen LogP contribution in [0.15, 0.2) is 48.5 Å². The lowest BCUT2D eigenvalue weighted by atomic mass is 10.2. The summed E-state index contributed by atoms with van der Waals surface area (Å²) in [7, 11) is 0. The van der Waals surface area contributed by atoms with Crippen LogP contribution in [-0.2, 0) is 6.54 Å². The summed E-state index contributed by atoms with van der Waals surface area (Å²) in [5, 5.41) is 0.775. The molecule has 0 N–H and O–H groups in total. The Bertz CT molecular complexity index is 609. The van der Waals surface area contributed by atoms with Gasteiger partial charge in [0.25, 0.3) is 0 Å². The smallest absolute Gasteiger partial charge is 0.146 e. The zero-order valence-corrected chi connectivity index (χ0v) is 12.6. The molecular weight excluding hydrogens is 287 g/mol. The maximum Gasteiger partial charge on any atom is 0.146 e. The summed E-state index contributed by atoms with van der Waals surface area (Å²) in [6, 6.07) is 15.0. The lowest BCUT2D eigenvalue weighted by Crippen LogP contribution is -2.46. The van der Waals surface area contributed by atoms with Gasteiger partial charge >= 0.3 is 0 Å². The normalized spacial score (nSPS) is 16.2. The van der Waals surface area contributed by atoms with Gasteiger partial charge in [-0.05, 0) is 29.8 Å². The molecule has 110 valence electrons. The highest BCUT2D eigenvalue weighted by Crippen LogP contribution is 2.21. The average molecular weight is 305 g/mol. The van der Waals surface area contributed by atoms with E-state index in [0.29, 0.717) is 5.69 Å². The number of benzene rings is 2. The molecule has 2 nitrogen and oxygen atoms in total. The lowest BCUT2D eigenvalue weighted by molar-refractivity contribution is 0.249. The molecule has 2 aromatic rings. The van der Waals surface area contributed by atoms with Gasteiger partial charge in [0.15, 0.2) is 0 Å². The zero-order chi connectivity index (χ0) is 14.7. The van der Waals surface area contributed by atoms with Crippen LogP contribution in [0.25, 0.3) is 0 Å². The van der Waals surface area contributed by atoms with Crippen molar-refractivity contribution in [3.8, 4) is 0 Å². The van der Waals surface area contributed by atoms with E-state index < -0.39 is 0 Å². The molecule has 1 aliphatic rings. The lowest BCUT2D eigenvalue weighted by Gasteiger charge is -2.36. The van der Waals surface area contributed by atoms with Crippen molar-refractivity contribution < 1.29 is 4.39 Å². The molecular formula is C17H18ClFN2. The van der Waals surface area contributed by atoms with Crippen LogP contribution in [0.3, 0.4) is 0 Å². The van der Waals surface area contributed by atoms with Gasteiger partial charge in [-0.15, -0.1) is 0 Å². The minimum Gasteiger partial charge on any atom is -0.367 e. The van der Waals surface area contributed by atoms with Crippen molar-refractivity contribution in [3.63, 3.8) is 0 Å². The van der Waals surface area contributed by atoms with E-state index in [9.17, 15) is 4.39 Å². The third-order valence-corrected chi connectivity index (χ3v) is 4.10. The number of anilines is 1. The van der Waals surface area contributed by atoms with Gasteiger partial charge in [-0.2, -0.15) is 0 Å². The number of rotatable bonds is 3. The van der Waals surface area contributed by atoms with Gasteiger partial charge in [-0.3, -0.25) is 4.90 Å². The highest BCUT2D eigenvalue weighted by atomic mass is 35.5. The Morgan fingerprint density at radius 2 is 1.71 bits per heavy atom. The fraction of sp³-hybridized carbons (Fsp3) is 0.294. The number of piperazine rings is 1. The van der Waals surface area contributed by atoms with E-state index in [1.165, 1.54) is 11.6 Å². The third-order valence-electron chi connectivity index (χ3n) is 3.86. The fourth-order valence-electron chi connectivity index (χ4n) is 2.75. The van der Waals surface area contributed by atoms with E-state index in [1.54, 1.807) is 6.07 Å². The Morgan fingerprint density at radius 1 is 0.952 bits per heavy atom. The molecule has 1 aliphatic heterocycles. The topological polar surface area (TPSA) is 6.48 Å². The second kappa shape index (κ2) is 6.46. The summed E-state index contributed by atoms with van der Waals surface area (Å²) in [4.78, 5) is 4.49. The third kappa shape index (κ3) is 3.55. The molecule has 0 atom stereocenters. The Hall–Kier alpha value is -1.58. The van der Waals surface area contributed by atoms with Crippen molar-refractivity contribution in [1.82, 2.24) is 4.90 Å². The minimum atomic E-state index is -0.138. The standard InChI is InChI=1S/C17H18ClFN2/c18-15-5-3-4-14(12-15)13-20-8-10-21(11-9-20)17-7-2-1-6-16(17)19/h1-7,12H,8-11,13H2. The van der Waals surface area contributed by atoms with Crippen LogP contribution in [0, 0.1) is 5.82 Å². The zero-order valence-electron chi connectivity index (χ0n) is 11.8. The molecule has 1 fully saturated rings. The van der Waals surface area contributed by atoms with Gasteiger partial charge in [-0.1, -0.05) is 35.9 Å². The Morgan fingerprint density at radius 3 is 2.43 bits per heavy atom. The molecule has 2 aromatic carbocycles. The summed E-state index contributed by atoms with van der Waals surface area (Å²) in [5.74, 6) is -0.138. The number of nitrogens with zero attached hydrogens (tertiary/aromatic N) is 2. The molecule has 0 aliphatic carbocycles. The summed E-state index contributed by atoms with van der Waals surface area (Å²) in [5.41, 5.74) is 1.93. The van der Waals surface area contributed by atoms with Gasteiger partial charge in [0.1, 0.15) is 5.82 Å². The van der Waals surface area contributed by atoms with Crippen molar-refractivity contribution in [3.05, 3.63) is 64.9 Å². The molecule has 0 spiro atoms. The van der Waals surface area contributed by atoms with E-state index in [4.69, 9.17) is 11.6 Å². The number of hydrogen-bond acceptors (Lipinski definition) is 2. The van der Waals surface area contributed by atoms with E-state index in [1.807, 2.05) is 30.3 Å². The van der Waals surface area contributed by atoms with Crippen LogP contribution in [-0.4, -0.2) is 31.1 Å². The van der Waals surface area contributed by atoms with E-state index in [-0.39, 0.29) is 5.82 Å². The number of para-hydroxylation sites is 1. The number of halogens is 2. The first-order chi connectivity index (χ1) is 10.2. The van der Waals surface area contributed by atoms with Crippen LogP contribution in [0.2, 0.25) is 5.02 Å². The number of hydrogen-bond donors (Lipinski definition) is 0. The molecule has 0 bridgehead atoms. The monoisotopic (exact) mass is 304 g/mol. The van der Waals surface area contributed by atoms with E-state index in [2.05, 4.69) is 15.9 Å². The highest BCUT2D eigenvalue weighted by Gasteiger charge is 2.19. The molecule has 0 amide bonds. The van der Waals surface area contributed by atoms with Crippen molar-refractivity contribution in [2.45, 2.75) is 6.54 Å². The Labute approximate surface area is 129 Å². The van der Waals surface area contributed by atoms with E-state index in [0.717, 1.165) is 37.7 Å². The van der Waals surface area contributed by atoms with Gasteiger partial charge in [-0.25, -0.2) is 4.39 Å². The molecule has 0 unspecified atom stereocenters. The van der Waals surface area contributed by atoms with Gasteiger partial charge in [0.05, 0.1) is 5.69 Å². The van der Waals surface area contributed by atoms with Crippen LogP contribution in [0.1, 0.15) is 5.56 Å². The predicted molar refractivity (Wildman–Crippen MR) is 85.3 cm³/mol. The van der Waals surface area contributed by atoms with Crippen LogP contribution in [0.4, 0.5) is 10.1 Å². The maximum absolute atomic E-state index is 13.8. The summed E-state index contributed by atoms with van der Waals surface area (Å²) >= 11 is 6.01. The molecule has 4 heteroatoms. The van der Waals surface area contributed by atoms with Crippen LogP contribution in [0.5, 0.6) is 0 Å². The first kappa shape index (κ1) is 14.4. The Kier molecular flexibility index (Phi) is 4.42. The molecule has 3 rings (SSSR count). The predicted octanol–water partition coefficient (Wildman–Crippen LogP) is 3.80. The second-order valence-corrected chi connectivity index (χ2v) is 5.78. The van der Waals surface area contributed by atoms with Crippen molar-refractivity contribution in [2.24, 2.45) is 0 Å². The maximum atomic E-state index is 13.8. The summed E-state index contributed by atoms with van der Waals surface area (Å²) in [6.07, 6.45) is 0.